The van der Waals surface area contributed by atoms with Gasteiger partial charge in [0.1, 0.15) is 17.3 Å². The fourth-order valence-electron chi connectivity index (χ4n) is 5.00. The molecule has 0 spiro atoms. The first-order valence-electron chi connectivity index (χ1n) is 14.6. The third-order valence-electron chi connectivity index (χ3n) is 7.42. The molecular weight excluding hydrogens is 547 g/mol. The highest BCUT2D eigenvalue weighted by Crippen LogP contribution is 2.29. The van der Waals surface area contributed by atoms with E-state index in [0.717, 1.165) is 16.8 Å². The number of hydrogen-bond acceptors (Lipinski definition) is 6. The second-order valence-electron chi connectivity index (χ2n) is 11.1. The van der Waals surface area contributed by atoms with Gasteiger partial charge in [-0.1, -0.05) is 45.0 Å². The van der Waals surface area contributed by atoms with Crippen molar-refractivity contribution in [3.63, 3.8) is 0 Å². The Balaban J connectivity index is 1.56. The zero-order valence-electron chi connectivity index (χ0n) is 25.0. The molecule has 0 saturated heterocycles. The summed E-state index contributed by atoms with van der Waals surface area (Å²) < 4.78 is 15.6. The van der Waals surface area contributed by atoms with Crippen molar-refractivity contribution in [1.29, 1.82) is 0 Å². The molecule has 0 aliphatic rings. The first-order valence-corrected chi connectivity index (χ1v) is 14.6. The maximum atomic E-state index is 13.7. The summed E-state index contributed by atoms with van der Waals surface area (Å²) in [4.78, 5) is 34.5. The molecule has 3 N–H and O–H groups in total. The first kappa shape index (κ1) is 31.7. The Kier molecular flexibility index (Phi) is 10.6. The number of rotatable bonds is 13. The largest absolute Gasteiger partial charge is 0.393 e. The minimum absolute atomic E-state index is 0.0153. The monoisotopic (exact) mass is 586 g/mol. The topological polar surface area (TPSA) is 117 Å². The lowest BCUT2D eigenvalue weighted by Crippen LogP contribution is -2.25. The number of aliphatic hydroxyl groups excluding tert-OH is 2. The van der Waals surface area contributed by atoms with Crippen LogP contribution in [-0.4, -0.2) is 48.6 Å². The second-order valence-corrected chi connectivity index (χ2v) is 11.1. The van der Waals surface area contributed by atoms with Crippen LogP contribution in [0.25, 0.3) is 22.6 Å². The SMILES string of the molecule is CCC(O)CC(O)CCn1c(-c2ccc(F)cc2)nc(C(=O)NCc2ccc(-c3cccc(C(C)=O)c3)nc2)c1C(C)C. The number of hydrogen-bond donors (Lipinski definition) is 3. The maximum Gasteiger partial charge on any atom is 0.272 e. The summed E-state index contributed by atoms with van der Waals surface area (Å²) in [6.45, 7) is 7.93. The van der Waals surface area contributed by atoms with E-state index in [9.17, 15) is 24.2 Å². The third-order valence-corrected chi connectivity index (χ3v) is 7.42. The quantitative estimate of drug-likeness (QED) is 0.168. The van der Waals surface area contributed by atoms with Crippen LogP contribution in [0.15, 0.2) is 66.9 Å². The average molecular weight is 587 g/mol. The second kappa shape index (κ2) is 14.3. The van der Waals surface area contributed by atoms with Crippen molar-refractivity contribution in [2.24, 2.45) is 0 Å². The number of carbonyl (C=O) groups excluding carboxylic acids is 2. The third kappa shape index (κ3) is 8.00. The van der Waals surface area contributed by atoms with Crippen LogP contribution in [0, 0.1) is 5.82 Å². The molecule has 0 aliphatic carbocycles. The van der Waals surface area contributed by atoms with Gasteiger partial charge in [-0.15, -0.1) is 0 Å². The van der Waals surface area contributed by atoms with E-state index in [1.807, 2.05) is 49.6 Å². The van der Waals surface area contributed by atoms with Gasteiger partial charge in [0.15, 0.2) is 5.78 Å². The molecule has 4 aromatic rings. The lowest BCUT2D eigenvalue weighted by atomic mass is 10.0. The number of aliphatic hydroxyl groups is 2. The van der Waals surface area contributed by atoms with Crippen molar-refractivity contribution < 1.29 is 24.2 Å². The van der Waals surface area contributed by atoms with Gasteiger partial charge in [-0.25, -0.2) is 9.37 Å². The fourth-order valence-corrected chi connectivity index (χ4v) is 5.00. The van der Waals surface area contributed by atoms with Gasteiger partial charge in [0.05, 0.1) is 23.6 Å². The van der Waals surface area contributed by atoms with Crippen molar-refractivity contribution in [2.45, 2.75) is 78.2 Å². The number of carbonyl (C=O) groups is 2. The molecule has 2 aromatic carbocycles. The molecule has 43 heavy (non-hydrogen) atoms. The molecule has 226 valence electrons. The van der Waals surface area contributed by atoms with E-state index < -0.39 is 12.2 Å². The molecule has 0 radical (unpaired) electrons. The molecule has 4 rings (SSSR count). The van der Waals surface area contributed by atoms with E-state index in [2.05, 4.69) is 10.3 Å². The number of pyridine rings is 1. The Bertz CT molecular complexity index is 1550. The van der Waals surface area contributed by atoms with Crippen molar-refractivity contribution in [3.8, 4) is 22.6 Å². The van der Waals surface area contributed by atoms with E-state index in [1.165, 1.54) is 19.1 Å². The summed E-state index contributed by atoms with van der Waals surface area (Å²) in [6.07, 6.45) is 1.54. The molecule has 0 aliphatic heterocycles. The highest BCUT2D eigenvalue weighted by Gasteiger charge is 2.26. The van der Waals surface area contributed by atoms with E-state index in [0.29, 0.717) is 42.0 Å². The number of amides is 1. The number of benzene rings is 2. The molecule has 1 amide bonds. The van der Waals surface area contributed by atoms with Crippen molar-refractivity contribution in [1.82, 2.24) is 19.9 Å². The summed E-state index contributed by atoms with van der Waals surface area (Å²) in [6, 6.07) is 17.0. The van der Waals surface area contributed by atoms with Crippen molar-refractivity contribution in [2.75, 3.05) is 0 Å². The number of aromatic nitrogens is 3. The first-order chi connectivity index (χ1) is 20.6. The molecule has 0 fully saturated rings. The Morgan fingerprint density at radius 1 is 1.00 bits per heavy atom. The summed E-state index contributed by atoms with van der Waals surface area (Å²) in [7, 11) is 0. The van der Waals surface area contributed by atoms with Gasteiger partial charge >= 0.3 is 0 Å². The predicted molar refractivity (Wildman–Crippen MR) is 164 cm³/mol. The lowest BCUT2D eigenvalue weighted by molar-refractivity contribution is 0.0711. The van der Waals surface area contributed by atoms with Gasteiger partial charge in [-0.05, 0) is 74.1 Å². The zero-order valence-corrected chi connectivity index (χ0v) is 25.0. The Hall–Kier alpha value is -4.21. The summed E-state index contributed by atoms with van der Waals surface area (Å²) in [5.74, 6) is -0.313. The van der Waals surface area contributed by atoms with E-state index >= 15 is 0 Å². The van der Waals surface area contributed by atoms with Crippen LogP contribution in [0.2, 0.25) is 0 Å². The fraction of sp³-hybridized carbons (Fsp3) is 0.353. The van der Waals surface area contributed by atoms with Gasteiger partial charge in [0, 0.05) is 36.0 Å². The molecule has 2 heterocycles. The molecule has 9 heteroatoms. The molecule has 2 atom stereocenters. The minimum atomic E-state index is -0.726. The number of Topliss-reactive ketones (excluding diaryl/α,β-unsaturated/α-hetero) is 1. The van der Waals surface area contributed by atoms with E-state index in [-0.39, 0.29) is 42.1 Å². The van der Waals surface area contributed by atoms with Crippen molar-refractivity contribution in [3.05, 3.63) is 95.2 Å². The summed E-state index contributed by atoms with van der Waals surface area (Å²) in [5.41, 5.74) is 4.58. The van der Waals surface area contributed by atoms with Gasteiger partial charge in [-0.3, -0.25) is 14.6 Å². The van der Waals surface area contributed by atoms with Crippen LogP contribution >= 0.6 is 0 Å². The Morgan fingerprint density at radius 3 is 2.37 bits per heavy atom. The number of imidazole rings is 1. The molecule has 0 saturated carbocycles. The van der Waals surface area contributed by atoms with Gasteiger partial charge < -0.3 is 20.1 Å². The van der Waals surface area contributed by atoms with Crippen LogP contribution in [-0.2, 0) is 13.1 Å². The summed E-state index contributed by atoms with van der Waals surface area (Å²) in [5, 5.41) is 23.5. The molecule has 0 bridgehead atoms. The van der Waals surface area contributed by atoms with Gasteiger partial charge in [-0.2, -0.15) is 0 Å². The van der Waals surface area contributed by atoms with Crippen LogP contribution in [0.4, 0.5) is 4.39 Å². The maximum absolute atomic E-state index is 13.7. The number of nitrogens with one attached hydrogen (secondary N) is 1. The number of nitrogens with zero attached hydrogens (tertiary/aromatic N) is 3. The van der Waals surface area contributed by atoms with Gasteiger partial charge in [0.25, 0.3) is 5.91 Å². The molecule has 2 aromatic heterocycles. The average Bonchev–Trinajstić information content (AvgIpc) is 3.39. The normalized spacial score (nSPS) is 12.7. The van der Waals surface area contributed by atoms with Gasteiger partial charge in [0.2, 0.25) is 0 Å². The highest BCUT2D eigenvalue weighted by molar-refractivity contribution is 5.95. The van der Waals surface area contributed by atoms with Crippen molar-refractivity contribution >= 4 is 11.7 Å². The van der Waals surface area contributed by atoms with Crippen LogP contribution < -0.4 is 5.32 Å². The summed E-state index contributed by atoms with van der Waals surface area (Å²) >= 11 is 0. The smallest absolute Gasteiger partial charge is 0.272 e. The van der Waals surface area contributed by atoms with E-state index in [1.54, 1.807) is 30.5 Å². The Morgan fingerprint density at radius 2 is 1.74 bits per heavy atom. The van der Waals surface area contributed by atoms with E-state index in [4.69, 9.17) is 4.98 Å². The minimum Gasteiger partial charge on any atom is -0.393 e. The lowest BCUT2D eigenvalue weighted by Gasteiger charge is -2.19. The number of halogens is 1. The molecule has 8 nitrogen and oxygen atoms in total. The predicted octanol–water partition coefficient (Wildman–Crippen LogP) is 5.92. The van der Waals surface area contributed by atoms with Crippen LogP contribution in [0.1, 0.15) is 85.0 Å². The zero-order chi connectivity index (χ0) is 31.1. The Labute approximate surface area is 251 Å². The molecule has 2 unspecified atom stereocenters. The highest BCUT2D eigenvalue weighted by atomic mass is 19.1. The number of ketones is 1. The van der Waals surface area contributed by atoms with Crippen LogP contribution in [0.5, 0.6) is 0 Å². The standard InChI is InChI=1S/C34H39FN4O4/c1-5-28(41)18-29(42)15-16-39-32(21(2)3)31(38-33(39)24-10-12-27(35)13-11-24)34(43)37-20-23-9-14-30(36-19-23)26-8-6-7-25(17-26)22(4)40/h6-14,17,19,21,28-29,41-42H,5,15-16,18,20H2,1-4H3,(H,37,43). The van der Waals surface area contributed by atoms with Crippen LogP contribution in [0.3, 0.4) is 0 Å². The molecular formula is C34H39FN4O4.